The highest BCUT2D eigenvalue weighted by Gasteiger charge is 2.21. The van der Waals surface area contributed by atoms with Crippen LogP contribution in [0.4, 0.5) is 0 Å². The summed E-state index contributed by atoms with van der Waals surface area (Å²) in [7, 11) is 1.58. The SMILES string of the molecule is COc1cc(/C=C(\Cl)c2nc3sc4c(c3c(=O)[nH]2)CCCC4)cc2c1OCCO2. The van der Waals surface area contributed by atoms with E-state index in [1.165, 1.54) is 4.88 Å². The number of hydrogen-bond donors (Lipinski definition) is 1. The third-order valence-corrected chi connectivity index (χ3v) is 6.67. The molecule has 3 aromatic rings. The lowest BCUT2D eigenvalue weighted by Gasteiger charge is -2.21. The van der Waals surface area contributed by atoms with Crippen molar-refractivity contribution in [2.24, 2.45) is 0 Å². The predicted molar refractivity (Wildman–Crippen MR) is 115 cm³/mol. The van der Waals surface area contributed by atoms with E-state index in [0.29, 0.717) is 41.3 Å². The van der Waals surface area contributed by atoms with Crippen LogP contribution in [0.25, 0.3) is 21.3 Å². The summed E-state index contributed by atoms with van der Waals surface area (Å²) in [5.74, 6) is 2.12. The molecule has 150 valence electrons. The molecular weight excluding hydrogens is 412 g/mol. The number of H-pyrrole nitrogens is 1. The van der Waals surface area contributed by atoms with Crippen LogP contribution in [0.2, 0.25) is 0 Å². The zero-order chi connectivity index (χ0) is 20.0. The third kappa shape index (κ3) is 3.28. The number of fused-ring (bicyclic) bond motifs is 4. The average molecular weight is 431 g/mol. The van der Waals surface area contributed by atoms with Gasteiger partial charge in [-0.2, -0.15) is 0 Å². The van der Waals surface area contributed by atoms with E-state index in [4.69, 9.17) is 25.8 Å². The molecule has 0 amide bonds. The molecule has 2 aromatic heterocycles. The van der Waals surface area contributed by atoms with Crippen molar-refractivity contribution >= 4 is 44.3 Å². The first-order valence-electron chi connectivity index (χ1n) is 9.54. The zero-order valence-corrected chi connectivity index (χ0v) is 17.4. The summed E-state index contributed by atoms with van der Waals surface area (Å²) in [6.07, 6.45) is 5.98. The Balaban J connectivity index is 1.57. The number of halogens is 1. The van der Waals surface area contributed by atoms with Crippen LogP contribution in [-0.4, -0.2) is 30.3 Å². The van der Waals surface area contributed by atoms with Crippen molar-refractivity contribution < 1.29 is 14.2 Å². The number of aryl methyl sites for hydroxylation is 2. The second kappa shape index (κ2) is 7.39. The number of nitrogens with zero attached hydrogens (tertiary/aromatic N) is 1. The Morgan fingerprint density at radius 1 is 1.28 bits per heavy atom. The molecule has 3 heterocycles. The van der Waals surface area contributed by atoms with Crippen molar-refractivity contribution in [2.45, 2.75) is 25.7 Å². The van der Waals surface area contributed by atoms with Gasteiger partial charge in [0.2, 0.25) is 5.75 Å². The Morgan fingerprint density at radius 3 is 2.97 bits per heavy atom. The fourth-order valence-electron chi connectivity index (χ4n) is 3.87. The molecule has 0 fully saturated rings. The van der Waals surface area contributed by atoms with Gasteiger partial charge < -0.3 is 19.2 Å². The summed E-state index contributed by atoms with van der Waals surface area (Å²) in [4.78, 5) is 22.3. The van der Waals surface area contributed by atoms with Gasteiger partial charge in [-0.25, -0.2) is 4.98 Å². The maximum Gasteiger partial charge on any atom is 0.260 e. The molecule has 0 bridgehead atoms. The molecule has 6 nitrogen and oxygen atoms in total. The molecule has 0 radical (unpaired) electrons. The predicted octanol–water partition coefficient (Wildman–Crippen LogP) is 4.38. The van der Waals surface area contributed by atoms with Crippen LogP contribution in [0.1, 0.15) is 34.7 Å². The lowest BCUT2D eigenvalue weighted by molar-refractivity contribution is 0.165. The fourth-order valence-corrected chi connectivity index (χ4v) is 5.35. The van der Waals surface area contributed by atoms with Gasteiger partial charge in [-0.15, -0.1) is 11.3 Å². The van der Waals surface area contributed by atoms with Crippen molar-refractivity contribution in [1.82, 2.24) is 9.97 Å². The van der Waals surface area contributed by atoms with Crippen LogP contribution < -0.4 is 19.8 Å². The van der Waals surface area contributed by atoms with E-state index >= 15 is 0 Å². The highest BCUT2D eigenvalue weighted by molar-refractivity contribution is 7.18. The maximum absolute atomic E-state index is 12.8. The number of nitrogens with one attached hydrogen (secondary N) is 1. The molecule has 8 heteroatoms. The van der Waals surface area contributed by atoms with E-state index in [0.717, 1.165) is 47.0 Å². The van der Waals surface area contributed by atoms with Crippen LogP contribution in [0, 0.1) is 0 Å². The Bertz CT molecular complexity index is 1180. The highest BCUT2D eigenvalue weighted by Crippen LogP contribution is 2.41. The molecule has 0 saturated carbocycles. The topological polar surface area (TPSA) is 73.4 Å². The summed E-state index contributed by atoms with van der Waals surface area (Å²) >= 11 is 8.14. The highest BCUT2D eigenvalue weighted by atomic mass is 35.5. The number of methoxy groups -OCH3 is 1. The Kier molecular flexibility index (Phi) is 4.72. The normalized spacial score (nSPS) is 16.0. The number of ether oxygens (including phenoxy) is 3. The first-order valence-corrected chi connectivity index (χ1v) is 10.7. The maximum atomic E-state index is 12.8. The van der Waals surface area contributed by atoms with Crippen LogP contribution in [0.5, 0.6) is 17.2 Å². The second-order valence-corrected chi connectivity index (χ2v) is 8.54. The van der Waals surface area contributed by atoms with Gasteiger partial charge in [0, 0.05) is 4.88 Å². The van der Waals surface area contributed by atoms with Gasteiger partial charge in [0.25, 0.3) is 5.56 Å². The summed E-state index contributed by atoms with van der Waals surface area (Å²) in [6.45, 7) is 0.959. The van der Waals surface area contributed by atoms with Gasteiger partial charge in [-0.3, -0.25) is 4.79 Å². The number of thiophene rings is 1. The van der Waals surface area contributed by atoms with Crippen LogP contribution >= 0.6 is 22.9 Å². The first-order chi connectivity index (χ1) is 14.1. The summed E-state index contributed by atoms with van der Waals surface area (Å²) in [5, 5.41) is 1.06. The van der Waals surface area contributed by atoms with Crippen molar-refractivity contribution in [2.75, 3.05) is 20.3 Å². The van der Waals surface area contributed by atoms with Crippen molar-refractivity contribution in [1.29, 1.82) is 0 Å². The molecule has 1 N–H and O–H groups in total. The summed E-state index contributed by atoms with van der Waals surface area (Å²) in [6, 6.07) is 3.65. The van der Waals surface area contributed by atoms with E-state index in [1.807, 2.05) is 12.1 Å². The van der Waals surface area contributed by atoms with Gasteiger partial charge in [-0.1, -0.05) is 11.6 Å². The molecule has 1 aliphatic heterocycles. The molecule has 29 heavy (non-hydrogen) atoms. The lowest BCUT2D eigenvalue weighted by Crippen LogP contribution is -2.16. The quantitative estimate of drug-likeness (QED) is 0.667. The summed E-state index contributed by atoms with van der Waals surface area (Å²) in [5.41, 5.74) is 1.80. The number of hydrogen-bond acceptors (Lipinski definition) is 6. The van der Waals surface area contributed by atoms with Crippen molar-refractivity contribution in [3.63, 3.8) is 0 Å². The molecule has 0 unspecified atom stereocenters. The van der Waals surface area contributed by atoms with E-state index in [-0.39, 0.29) is 5.56 Å². The van der Waals surface area contributed by atoms with Crippen LogP contribution in [-0.2, 0) is 12.8 Å². The molecule has 0 spiro atoms. The summed E-state index contributed by atoms with van der Waals surface area (Å²) < 4.78 is 16.7. The third-order valence-electron chi connectivity index (χ3n) is 5.19. The van der Waals surface area contributed by atoms with Gasteiger partial charge in [0.15, 0.2) is 17.3 Å². The molecule has 0 atom stereocenters. The van der Waals surface area contributed by atoms with Gasteiger partial charge in [-0.05, 0) is 55.0 Å². The number of aromatic amines is 1. The van der Waals surface area contributed by atoms with Gasteiger partial charge in [0.1, 0.15) is 18.0 Å². The monoisotopic (exact) mass is 430 g/mol. The van der Waals surface area contributed by atoms with Gasteiger partial charge in [0.05, 0.1) is 17.5 Å². The zero-order valence-electron chi connectivity index (χ0n) is 15.8. The smallest absolute Gasteiger partial charge is 0.260 e. The minimum absolute atomic E-state index is 0.129. The van der Waals surface area contributed by atoms with Crippen LogP contribution in [0.15, 0.2) is 16.9 Å². The molecule has 5 rings (SSSR count). The first kappa shape index (κ1) is 18.5. The van der Waals surface area contributed by atoms with Crippen molar-refractivity contribution in [3.8, 4) is 17.2 Å². The van der Waals surface area contributed by atoms with Crippen LogP contribution in [0.3, 0.4) is 0 Å². The van der Waals surface area contributed by atoms with E-state index in [9.17, 15) is 4.79 Å². The lowest BCUT2D eigenvalue weighted by atomic mass is 9.97. The fraction of sp³-hybridized carbons (Fsp3) is 0.333. The van der Waals surface area contributed by atoms with Crippen molar-refractivity contribution in [3.05, 3.63) is 44.3 Å². The number of rotatable bonds is 3. The molecule has 1 aliphatic carbocycles. The average Bonchev–Trinajstić information content (AvgIpc) is 3.12. The molecule has 0 saturated heterocycles. The standard InChI is InChI=1S/C21H19ClN2O4S/c1-26-14-9-11(10-15-18(14)28-7-6-27-15)8-13(22)19-23-20(25)17-12-4-2-3-5-16(12)29-21(17)24-19/h8-10H,2-7H2,1H3,(H,23,24,25)/b13-8-. The van der Waals surface area contributed by atoms with E-state index in [1.54, 1.807) is 24.5 Å². The van der Waals surface area contributed by atoms with E-state index in [2.05, 4.69) is 9.97 Å². The Labute approximate surface area is 176 Å². The molecule has 2 aliphatic rings. The number of benzene rings is 1. The Morgan fingerprint density at radius 2 is 2.10 bits per heavy atom. The van der Waals surface area contributed by atoms with E-state index < -0.39 is 0 Å². The minimum atomic E-state index is -0.129. The largest absolute Gasteiger partial charge is 0.493 e. The van der Waals surface area contributed by atoms with Gasteiger partial charge >= 0.3 is 0 Å². The minimum Gasteiger partial charge on any atom is -0.493 e. The second-order valence-electron chi connectivity index (χ2n) is 7.05. The molecular formula is C21H19ClN2O4S. The molecule has 1 aromatic carbocycles. The number of aromatic nitrogens is 2. The Hall–Kier alpha value is -2.51.